The maximum atomic E-state index is 12.4. The lowest BCUT2D eigenvalue weighted by atomic mass is 9.81. The summed E-state index contributed by atoms with van der Waals surface area (Å²) in [6.45, 7) is 8.53. The minimum Gasteiger partial charge on any atom is -0.548 e. The average molecular weight is 384 g/mol. The van der Waals surface area contributed by atoms with Gasteiger partial charge in [0.25, 0.3) is 5.91 Å². The highest BCUT2D eigenvalue weighted by Crippen LogP contribution is 2.28. The number of rotatable bonds is 10. The Balaban J connectivity index is 2.39. The van der Waals surface area contributed by atoms with Crippen LogP contribution in [0.3, 0.4) is 0 Å². The zero-order chi connectivity index (χ0) is 20.6. The van der Waals surface area contributed by atoms with Crippen LogP contribution in [0.15, 0.2) is 0 Å². The van der Waals surface area contributed by atoms with Gasteiger partial charge in [0.1, 0.15) is 0 Å². The lowest BCUT2D eigenvalue weighted by Gasteiger charge is -2.30. The minimum absolute atomic E-state index is 0.00491. The smallest absolute Gasteiger partial charge is 0.278 e. The predicted molar refractivity (Wildman–Crippen MR) is 101 cm³/mol. The zero-order valence-electron chi connectivity index (χ0n) is 17.3. The molecule has 2 amide bonds. The highest BCUT2D eigenvalue weighted by molar-refractivity contribution is 5.84. The number of carboxylic acids is 1. The van der Waals surface area contributed by atoms with Crippen molar-refractivity contribution >= 4 is 17.8 Å². The van der Waals surface area contributed by atoms with Crippen LogP contribution in [0, 0.1) is 23.7 Å². The van der Waals surface area contributed by atoms with Gasteiger partial charge in [0.2, 0.25) is 5.91 Å². The van der Waals surface area contributed by atoms with Gasteiger partial charge in [-0.3, -0.25) is 9.59 Å². The summed E-state index contributed by atoms with van der Waals surface area (Å²) in [4.78, 5) is 35.7. The highest BCUT2D eigenvalue weighted by atomic mass is 16.4. The van der Waals surface area contributed by atoms with E-state index >= 15 is 0 Å². The molecule has 0 bridgehead atoms. The maximum absolute atomic E-state index is 12.4. The molecule has 1 aliphatic carbocycles. The Morgan fingerprint density at radius 2 is 1.70 bits per heavy atom. The van der Waals surface area contributed by atoms with Crippen molar-refractivity contribution in [1.82, 2.24) is 10.6 Å². The number of quaternary nitrogens is 1. The number of nitrogens with one attached hydrogen (secondary N) is 2. The van der Waals surface area contributed by atoms with E-state index in [1.165, 1.54) is 0 Å². The first-order chi connectivity index (χ1) is 12.6. The Kier molecular flexibility index (Phi) is 9.77. The van der Waals surface area contributed by atoms with Crippen molar-refractivity contribution in [2.24, 2.45) is 23.7 Å². The second-order valence-electron chi connectivity index (χ2n) is 8.46. The SMILES string of the molecule is CC[C@@H](C)[C@H]([NH3+])C(=O)NCC1CCC(C(=O)N[C@@H](CC(C)C)C(=O)[O-])CC1. The molecular weight excluding hydrogens is 346 g/mol. The van der Waals surface area contributed by atoms with Crippen LogP contribution in [-0.4, -0.2) is 36.4 Å². The molecule has 0 aromatic heterocycles. The number of carbonyl (C=O) groups is 3. The summed E-state index contributed by atoms with van der Waals surface area (Å²) < 4.78 is 0. The molecule has 1 saturated carbocycles. The van der Waals surface area contributed by atoms with Crippen molar-refractivity contribution in [2.75, 3.05) is 6.54 Å². The molecule has 0 heterocycles. The molecule has 0 aromatic rings. The summed E-state index contributed by atoms with van der Waals surface area (Å²) >= 11 is 0. The molecule has 1 aliphatic rings. The van der Waals surface area contributed by atoms with Gasteiger partial charge < -0.3 is 26.3 Å². The maximum Gasteiger partial charge on any atom is 0.278 e. The molecule has 0 radical (unpaired) electrons. The second kappa shape index (κ2) is 11.3. The summed E-state index contributed by atoms with van der Waals surface area (Å²) in [6, 6.07) is -1.16. The van der Waals surface area contributed by atoms with Gasteiger partial charge in [-0.1, -0.05) is 27.7 Å². The predicted octanol–water partition coefficient (Wildman–Crippen LogP) is -0.154. The van der Waals surface area contributed by atoms with E-state index in [0.29, 0.717) is 31.7 Å². The molecule has 7 nitrogen and oxygen atoms in total. The number of hydrogen-bond donors (Lipinski definition) is 3. The fourth-order valence-electron chi connectivity index (χ4n) is 3.52. The Hall–Kier alpha value is -1.63. The molecule has 1 rings (SSSR count). The Labute approximate surface area is 162 Å². The normalized spacial score (nSPS) is 23.3. The van der Waals surface area contributed by atoms with Crippen molar-refractivity contribution in [3.63, 3.8) is 0 Å². The minimum atomic E-state index is -1.22. The first kappa shape index (κ1) is 23.4. The Morgan fingerprint density at radius 1 is 1.11 bits per heavy atom. The van der Waals surface area contributed by atoms with E-state index in [2.05, 4.69) is 23.3 Å². The quantitative estimate of drug-likeness (QED) is 0.485. The van der Waals surface area contributed by atoms with Crippen LogP contribution in [0.4, 0.5) is 0 Å². The second-order valence-corrected chi connectivity index (χ2v) is 8.46. The number of carbonyl (C=O) groups excluding carboxylic acids is 3. The van der Waals surface area contributed by atoms with Crippen LogP contribution in [0.1, 0.15) is 66.2 Å². The van der Waals surface area contributed by atoms with Crippen molar-refractivity contribution in [2.45, 2.75) is 78.3 Å². The van der Waals surface area contributed by atoms with Gasteiger partial charge in [-0.25, -0.2) is 0 Å². The van der Waals surface area contributed by atoms with Crippen LogP contribution in [0.2, 0.25) is 0 Å². The molecule has 0 unspecified atom stereocenters. The summed E-state index contributed by atoms with van der Waals surface area (Å²) in [7, 11) is 0. The fraction of sp³-hybridized carbons (Fsp3) is 0.850. The topological polar surface area (TPSA) is 126 Å². The largest absolute Gasteiger partial charge is 0.548 e. The molecule has 0 spiro atoms. The van der Waals surface area contributed by atoms with Crippen molar-refractivity contribution in [3.05, 3.63) is 0 Å². The molecular formula is C20H37N3O4. The van der Waals surface area contributed by atoms with Crippen molar-refractivity contribution in [3.8, 4) is 0 Å². The van der Waals surface area contributed by atoms with Gasteiger partial charge in [0.05, 0.1) is 12.0 Å². The lowest BCUT2D eigenvalue weighted by molar-refractivity contribution is -0.415. The van der Waals surface area contributed by atoms with Crippen LogP contribution in [0.5, 0.6) is 0 Å². The standard InChI is InChI=1S/C20H37N3O4/c1-5-13(4)17(21)19(25)22-11-14-6-8-15(9-7-14)18(24)23-16(20(26)27)10-12(2)3/h12-17H,5-11,21H2,1-4H3,(H,22,25)(H,23,24)(H,26,27)/t13-,14?,15?,16+,17+/m1/s1. The highest BCUT2D eigenvalue weighted by Gasteiger charge is 2.29. The lowest BCUT2D eigenvalue weighted by Crippen LogP contribution is -2.70. The van der Waals surface area contributed by atoms with Crippen molar-refractivity contribution in [1.29, 1.82) is 0 Å². The Bertz CT molecular complexity index is 501. The number of hydrogen-bond acceptors (Lipinski definition) is 4. The fourth-order valence-corrected chi connectivity index (χ4v) is 3.52. The number of carboxylic acid groups (broad SMARTS) is 1. The van der Waals surface area contributed by atoms with Crippen LogP contribution < -0.4 is 21.5 Å². The third-order valence-electron chi connectivity index (χ3n) is 5.76. The van der Waals surface area contributed by atoms with E-state index in [1.54, 1.807) is 0 Å². The van der Waals surface area contributed by atoms with E-state index < -0.39 is 12.0 Å². The molecule has 0 saturated heterocycles. The van der Waals surface area contributed by atoms with E-state index in [1.807, 2.05) is 20.8 Å². The summed E-state index contributed by atoms with van der Waals surface area (Å²) in [5.41, 5.74) is 3.95. The molecule has 7 heteroatoms. The molecule has 0 aliphatic heterocycles. The summed E-state index contributed by atoms with van der Waals surface area (Å²) in [5, 5.41) is 16.8. The van der Waals surface area contributed by atoms with Gasteiger partial charge in [0, 0.05) is 18.4 Å². The first-order valence-corrected chi connectivity index (χ1v) is 10.3. The van der Waals surface area contributed by atoms with Crippen molar-refractivity contribution < 1.29 is 25.2 Å². The van der Waals surface area contributed by atoms with Gasteiger partial charge in [-0.2, -0.15) is 0 Å². The van der Waals surface area contributed by atoms with Gasteiger partial charge in [-0.05, 0) is 50.4 Å². The zero-order valence-corrected chi connectivity index (χ0v) is 17.3. The van der Waals surface area contributed by atoms with Crippen LogP contribution in [0.25, 0.3) is 0 Å². The number of aliphatic carboxylic acids is 1. The monoisotopic (exact) mass is 383 g/mol. The first-order valence-electron chi connectivity index (χ1n) is 10.3. The van der Waals surface area contributed by atoms with Gasteiger partial charge >= 0.3 is 0 Å². The van der Waals surface area contributed by atoms with Crippen LogP contribution >= 0.6 is 0 Å². The molecule has 1 fully saturated rings. The molecule has 156 valence electrons. The van der Waals surface area contributed by atoms with Crippen LogP contribution in [-0.2, 0) is 14.4 Å². The molecule has 3 atom stereocenters. The number of amides is 2. The summed E-state index contributed by atoms with van der Waals surface area (Å²) in [6.07, 6.45) is 4.43. The summed E-state index contributed by atoms with van der Waals surface area (Å²) in [5.74, 6) is -0.803. The Morgan fingerprint density at radius 3 is 2.19 bits per heavy atom. The molecule has 27 heavy (non-hydrogen) atoms. The van der Waals surface area contributed by atoms with Gasteiger partial charge in [-0.15, -0.1) is 0 Å². The molecule has 0 aromatic carbocycles. The van der Waals surface area contributed by atoms with E-state index in [9.17, 15) is 19.5 Å². The van der Waals surface area contributed by atoms with E-state index in [0.717, 1.165) is 19.3 Å². The van der Waals surface area contributed by atoms with E-state index in [-0.39, 0.29) is 35.6 Å². The van der Waals surface area contributed by atoms with Gasteiger partial charge in [0.15, 0.2) is 6.04 Å². The van der Waals surface area contributed by atoms with E-state index in [4.69, 9.17) is 0 Å². The third kappa shape index (κ3) is 7.87. The average Bonchev–Trinajstić information content (AvgIpc) is 2.64. The molecule has 5 N–H and O–H groups in total. The third-order valence-corrected chi connectivity index (χ3v) is 5.76.